The zero-order chi connectivity index (χ0) is 18.5. The molecule has 0 bridgehead atoms. The van der Waals surface area contributed by atoms with E-state index >= 15 is 0 Å². The zero-order valence-electron chi connectivity index (χ0n) is 14.2. The summed E-state index contributed by atoms with van der Waals surface area (Å²) in [4.78, 5) is 14.7. The number of ether oxygens (including phenoxy) is 1. The molecule has 138 valence electrons. The lowest BCUT2D eigenvalue weighted by molar-refractivity contribution is -0.0498. The third-order valence-corrected chi connectivity index (χ3v) is 4.42. The summed E-state index contributed by atoms with van der Waals surface area (Å²) in [5.74, 6) is 0.392. The first-order valence-electron chi connectivity index (χ1n) is 8.47. The first-order valence-corrected chi connectivity index (χ1v) is 8.47. The van der Waals surface area contributed by atoms with Crippen LogP contribution in [0, 0.1) is 5.92 Å². The summed E-state index contributed by atoms with van der Waals surface area (Å²) < 4.78 is 28.8. The SMILES string of the molecule is NCC1CCN(C(=O)c2ccccc2Nc2ccc(OC(F)F)cc2)C1. The van der Waals surface area contributed by atoms with Crippen LogP contribution in [-0.2, 0) is 0 Å². The quantitative estimate of drug-likeness (QED) is 0.827. The van der Waals surface area contributed by atoms with Crippen molar-refractivity contribution in [1.29, 1.82) is 0 Å². The van der Waals surface area contributed by atoms with Crippen LogP contribution < -0.4 is 15.8 Å². The first-order chi connectivity index (χ1) is 12.6. The molecule has 0 aliphatic carbocycles. The Kier molecular flexibility index (Phi) is 5.68. The van der Waals surface area contributed by atoms with E-state index in [0.29, 0.717) is 42.5 Å². The van der Waals surface area contributed by atoms with E-state index in [0.717, 1.165) is 6.42 Å². The topological polar surface area (TPSA) is 67.6 Å². The second-order valence-corrected chi connectivity index (χ2v) is 6.22. The number of nitrogens with one attached hydrogen (secondary N) is 1. The molecule has 0 spiro atoms. The number of likely N-dealkylation sites (tertiary alicyclic amines) is 1. The predicted octanol–water partition coefficient (Wildman–Crippen LogP) is 3.45. The number of alkyl halides is 2. The number of benzene rings is 2. The summed E-state index contributed by atoms with van der Waals surface area (Å²) in [6.07, 6.45) is 0.920. The number of para-hydroxylation sites is 1. The number of hydrogen-bond acceptors (Lipinski definition) is 4. The Hall–Kier alpha value is -2.67. The number of nitrogens with zero attached hydrogens (tertiary/aromatic N) is 1. The maximum absolute atomic E-state index is 12.8. The van der Waals surface area contributed by atoms with Gasteiger partial charge in [0.15, 0.2) is 0 Å². The molecule has 26 heavy (non-hydrogen) atoms. The molecule has 1 amide bonds. The van der Waals surface area contributed by atoms with E-state index in [2.05, 4.69) is 10.1 Å². The zero-order valence-corrected chi connectivity index (χ0v) is 14.2. The van der Waals surface area contributed by atoms with E-state index in [1.807, 2.05) is 23.1 Å². The van der Waals surface area contributed by atoms with E-state index in [1.54, 1.807) is 18.2 Å². The Morgan fingerprint density at radius 1 is 1.23 bits per heavy atom. The van der Waals surface area contributed by atoms with Crippen LogP contribution in [0.25, 0.3) is 0 Å². The molecule has 1 heterocycles. The molecule has 2 aromatic carbocycles. The first kappa shape index (κ1) is 18.1. The molecule has 5 nitrogen and oxygen atoms in total. The van der Waals surface area contributed by atoms with Gasteiger partial charge in [-0.1, -0.05) is 12.1 Å². The Morgan fingerprint density at radius 3 is 2.62 bits per heavy atom. The molecule has 0 saturated carbocycles. The highest BCUT2D eigenvalue weighted by Crippen LogP contribution is 2.26. The lowest BCUT2D eigenvalue weighted by Crippen LogP contribution is -2.30. The van der Waals surface area contributed by atoms with E-state index < -0.39 is 6.61 Å². The van der Waals surface area contributed by atoms with Crippen LogP contribution in [-0.4, -0.2) is 37.1 Å². The van der Waals surface area contributed by atoms with Crippen molar-refractivity contribution in [3.05, 3.63) is 54.1 Å². The summed E-state index contributed by atoms with van der Waals surface area (Å²) in [6.45, 7) is -0.903. The number of hydrogen-bond donors (Lipinski definition) is 2. The van der Waals surface area contributed by atoms with Crippen LogP contribution in [0.2, 0.25) is 0 Å². The van der Waals surface area contributed by atoms with Gasteiger partial charge in [0.05, 0.1) is 11.3 Å². The third-order valence-electron chi connectivity index (χ3n) is 4.42. The fourth-order valence-corrected chi connectivity index (χ4v) is 3.03. The summed E-state index contributed by atoms with van der Waals surface area (Å²) in [5, 5.41) is 3.17. The third kappa shape index (κ3) is 4.29. The molecule has 0 aromatic heterocycles. The lowest BCUT2D eigenvalue weighted by Gasteiger charge is -2.19. The number of carbonyl (C=O) groups is 1. The van der Waals surface area contributed by atoms with Crippen molar-refractivity contribution in [2.75, 3.05) is 25.0 Å². The maximum Gasteiger partial charge on any atom is 0.387 e. The van der Waals surface area contributed by atoms with Crippen LogP contribution in [0.5, 0.6) is 5.75 Å². The van der Waals surface area contributed by atoms with Gasteiger partial charge in [-0.05, 0) is 55.3 Å². The van der Waals surface area contributed by atoms with E-state index in [-0.39, 0.29) is 11.7 Å². The second kappa shape index (κ2) is 8.14. The highest BCUT2D eigenvalue weighted by atomic mass is 19.3. The van der Waals surface area contributed by atoms with Gasteiger partial charge in [0.25, 0.3) is 5.91 Å². The monoisotopic (exact) mass is 361 g/mol. The number of halogens is 2. The Balaban J connectivity index is 1.74. The summed E-state index contributed by atoms with van der Waals surface area (Å²) >= 11 is 0. The van der Waals surface area contributed by atoms with Crippen LogP contribution >= 0.6 is 0 Å². The molecule has 1 fully saturated rings. The average Bonchev–Trinajstić information content (AvgIpc) is 3.12. The van der Waals surface area contributed by atoms with Crippen LogP contribution in [0.15, 0.2) is 48.5 Å². The van der Waals surface area contributed by atoms with Crippen molar-refractivity contribution in [3.63, 3.8) is 0 Å². The molecule has 1 aliphatic rings. The number of rotatable bonds is 6. The Bertz CT molecular complexity index is 753. The Morgan fingerprint density at radius 2 is 1.96 bits per heavy atom. The van der Waals surface area contributed by atoms with Gasteiger partial charge < -0.3 is 20.7 Å². The minimum atomic E-state index is -2.86. The summed E-state index contributed by atoms with van der Waals surface area (Å²) in [5.41, 5.74) is 7.61. The number of amides is 1. The minimum Gasteiger partial charge on any atom is -0.435 e. The van der Waals surface area contributed by atoms with E-state index in [4.69, 9.17) is 5.73 Å². The molecule has 1 unspecified atom stereocenters. The van der Waals surface area contributed by atoms with Crippen LogP contribution in [0.3, 0.4) is 0 Å². The molecule has 1 saturated heterocycles. The largest absolute Gasteiger partial charge is 0.435 e. The second-order valence-electron chi connectivity index (χ2n) is 6.22. The van der Waals surface area contributed by atoms with Gasteiger partial charge in [0.2, 0.25) is 0 Å². The van der Waals surface area contributed by atoms with Crippen LogP contribution in [0.1, 0.15) is 16.8 Å². The molecule has 0 radical (unpaired) electrons. The van der Waals surface area contributed by atoms with Gasteiger partial charge in [0.1, 0.15) is 5.75 Å². The van der Waals surface area contributed by atoms with Gasteiger partial charge in [-0.25, -0.2) is 0 Å². The molecule has 3 N–H and O–H groups in total. The maximum atomic E-state index is 12.8. The standard InChI is InChI=1S/C19H21F2N3O2/c20-19(21)26-15-7-5-14(6-8-15)23-17-4-2-1-3-16(17)18(25)24-10-9-13(11-22)12-24/h1-8,13,19,23H,9-12,22H2. The van der Waals surface area contributed by atoms with Gasteiger partial charge in [-0.3, -0.25) is 4.79 Å². The molecular weight excluding hydrogens is 340 g/mol. The highest BCUT2D eigenvalue weighted by Gasteiger charge is 2.27. The van der Waals surface area contributed by atoms with Crippen molar-refractivity contribution < 1.29 is 18.3 Å². The smallest absolute Gasteiger partial charge is 0.387 e. The summed E-state index contributed by atoms with van der Waals surface area (Å²) in [7, 11) is 0. The summed E-state index contributed by atoms with van der Waals surface area (Å²) in [6, 6.07) is 13.4. The highest BCUT2D eigenvalue weighted by molar-refractivity contribution is 6.00. The molecule has 2 aromatic rings. The molecule has 1 aliphatic heterocycles. The normalized spacial score (nSPS) is 16.8. The van der Waals surface area contributed by atoms with Gasteiger partial charge in [-0.2, -0.15) is 8.78 Å². The average molecular weight is 361 g/mol. The van der Waals surface area contributed by atoms with Gasteiger partial charge >= 0.3 is 6.61 Å². The van der Waals surface area contributed by atoms with Crippen molar-refractivity contribution in [2.24, 2.45) is 11.7 Å². The minimum absolute atomic E-state index is 0.0401. The molecule has 3 rings (SSSR count). The fourth-order valence-electron chi connectivity index (χ4n) is 3.03. The van der Waals surface area contributed by atoms with E-state index in [1.165, 1.54) is 12.1 Å². The number of nitrogens with two attached hydrogens (primary N) is 1. The number of anilines is 2. The Labute approximate surface area is 150 Å². The van der Waals surface area contributed by atoms with Crippen molar-refractivity contribution in [3.8, 4) is 5.75 Å². The lowest BCUT2D eigenvalue weighted by atomic mass is 10.1. The van der Waals surface area contributed by atoms with Gasteiger partial charge in [-0.15, -0.1) is 0 Å². The van der Waals surface area contributed by atoms with Crippen LogP contribution in [0.4, 0.5) is 20.2 Å². The van der Waals surface area contributed by atoms with Crippen molar-refractivity contribution in [1.82, 2.24) is 4.90 Å². The predicted molar refractivity (Wildman–Crippen MR) is 95.9 cm³/mol. The fraction of sp³-hybridized carbons (Fsp3) is 0.316. The van der Waals surface area contributed by atoms with E-state index in [9.17, 15) is 13.6 Å². The number of carbonyl (C=O) groups excluding carboxylic acids is 1. The van der Waals surface area contributed by atoms with Crippen molar-refractivity contribution in [2.45, 2.75) is 13.0 Å². The van der Waals surface area contributed by atoms with Gasteiger partial charge in [0, 0.05) is 18.8 Å². The molecular formula is C19H21F2N3O2. The van der Waals surface area contributed by atoms with Crippen molar-refractivity contribution >= 4 is 17.3 Å². The molecule has 7 heteroatoms. The molecule has 1 atom stereocenters.